The van der Waals surface area contributed by atoms with E-state index in [1.807, 2.05) is 12.1 Å². The predicted molar refractivity (Wildman–Crippen MR) is 119 cm³/mol. The summed E-state index contributed by atoms with van der Waals surface area (Å²) in [4.78, 5) is 20.0. The highest BCUT2D eigenvalue weighted by Crippen LogP contribution is 2.25. The van der Waals surface area contributed by atoms with Crippen LogP contribution < -0.4 is 4.74 Å². The van der Waals surface area contributed by atoms with Crippen LogP contribution in [0.1, 0.15) is 24.0 Å². The molecule has 0 radical (unpaired) electrons. The van der Waals surface area contributed by atoms with E-state index < -0.39 is 0 Å². The molecule has 2 aromatic carbocycles. The van der Waals surface area contributed by atoms with Crippen molar-refractivity contribution in [2.45, 2.75) is 25.9 Å². The molecular formula is C25H33N3O2. The molecule has 2 aliphatic heterocycles. The fourth-order valence-corrected chi connectivity index (χ4v) is 4.64. The molecule has 2 heterocycles. The molecule has 4 rings (SSSR count). The van der Waals surface area contributed by atoms with Crippen molar-refractivity contribution in [3.05, 3.63) is 65.7 Å². The maximum absolute atomic E-state index is 13.1. The standard InChI is InChI=1S/C25H33N3O2/c1-30-24-10-6-5-9-23(24)20-26-13-11-22(12-14-26)25(29)28-17-15-27(16-18-28)19-21-7-3-2-4-8-21/h2-10,22H,11-20H2,1H3. The van der Waals surface area contributed by atoms with Crippen LogP contribution in [0.2, 0.25) is 0 Å². The van der Waals surface area contributed by atoms with Gasteiger partial charge in [0.25, 0.3) is 0 Å². The molecule has 0 N–H and O–H groups in total. The maximum atomic E-state index is 13.1. The van der Waals surface area contributed by atoms with Crippen LogP contribution in [0.25, 0.3) is 0 Å². The van der Waals surface area contributed by atoms with E-state index in [1.54, 1.807) is 7.11 Å². The van der Waals surface area contributed by atoms with Crippen LogP contribution in [0.15, 0.2) is 54.6 Å². The quantitative estimate of drug-likeness (QED) is 0.737. The Labute approximate surface area is 180 Å². The van der Waals surface area contributed by atoms with Crippen LogP contribution in [0.4, 0.5) is 0 Å². The summed E-state index contributed by atoms with van der Waals surface area (Å²) in [5, 5.41) is 0. The average molecular weight is 408 g/mol. The van der Waals surface area contributed by atoms with Crippen LogP contribution in [-0.4, -0.2) is 67.0 Å². The number of ether oxygens (including phenoxy) is 1. The molecule has 30 heavy (non-hydrogen) atoms. The van der Waals surface area contributed by atoms with E-state index in [2.05, 4.69) is 57.2 Å². The van der Waals surface area contributed by atoms with E-state index in [0.29, 0.717) is 5.91 Å². The second-order valence-electron chi connectivity index (χ2n) is 8.45. The number of hydrogen-bond acceptors (Lipinski definition) is 4. The lowest BCUT2D eigenvalue weighted by molar-refractivity contribution is -0.139. The molecule has 160 valence electrons. The minimum Gasteiger partial charge on any atom is -0.496 e. The molecular weight excluding hydrogens is 374 g/mol. The van der Waals surface area contributed by atoms with Gasteiger partial charge in [0.1, 0.15) is 5.75 Å². The van der Waals surface area contributed by atoms with Crippen LogP contribution in [-0.2, 0) is 17.9 Å². The lowest BCUT2D eigenvalue weighted by atomic mass is 9.94. The molecule has 1 amide bonds. The molecule has 5 nitrogen and oxygen atoms in total. The van der Waals surface area contributed by atoms with Gasteiger partial charge in [-0.25, -0.2) is 0 Å². The number of rotatable bonds is 6. The Morgan fingerprint density at radius 2 is 1.47 bits per heavy atom. The van der Waals surface area contributed by atoms with E-state index in [9.17, 15) is 4.79 Å². The van der Waals surface area contributed by atoms with Crippen LogP contribution in [0.5, 0.6) is 5.75 Å². The number of carbonyl (C=O) groups is 1. The monoisotopic (exact) mass is 407 g/mol. The van der Waals surface area contributed by atoms with Gasteiger partial charge in [-0.3, -0.25) is 14.6 Å². The highest BCUT2D eigenvalue weighted by Gasteiger charge is 2.30. The first-order valence-electron chi connectivity index (χ1n) is 11.1. The van der Waals surface area contributed by atoms with Gasteiger partial charge in [-0.15, -0.1) is 0 Å². The minimum atomic E-state index is 0.180. The molecule has 0 atom stereocenters. The zero-order chi connectivity index (χ0) is 20.8. The Hall–Kier alpha value is -2.37. The van der Waals surface area contributed by atoms with E-state index in [1.165, 1.54) is 11.1 Å². The number of para-hydroxylation sites is 1. The number of likely N-dealkylation sites (tertiary alicyclic amines) is 1. The lowest BCUT2D eigenvalue weighted by Crippen LogP contribution is -2.51. The first-order chi connectivity index (χ1) is 14.7. The molecule has 5 heteroatoms. The summed E-state index contributed by atoms with van der Waals surface area (Å²) in [5.41, 5.74) is 2.57. The zero-order valence-corrected chi connectivity index (χ0v) is 18.0. The van der Waals surface area contributed by atoms with Crippen LogP contribution >= 0.6 is 0 Å². The summed E-state index contributed by atoms with van der Waals surface area (Å²) in [6.45, 7) is 7.46. The van der Waals surface area contributed by atoms with Crippen LogP contribution in [0.3, 0.4) is 0 Å². The minimum absolute atomic E-state index is 0.180. The molecule has 0 aliphatic carbocycles. The lowest BCUT2D eigenvalue weighted by Gasteiger charge is -2.38. The Bertz CT molecular complexity index is 810. The Kier molecular flexibility index (Phi) is 7.03. The number of benzene rings is 2. The molecule has 0 unspecified atom stereocenters. The zero-order valence-electron chi connectivity index (χ0n) is 18.0. The van der Waals surface area contributed by atoms with Crippen molar-refractivity contribution in [1.29, 1.82) is 0 Å². The number of hydrogen-bond donors (Lipinski definition) is 0. The third-order valence-electron chi connectivity index (χ3n) is 6.46. The first kappa shape index (κ1) is 20.9. The van der Waals surface area contributed by atoms with Gasteiger partial charge < -0.3 is 9.64 Å². The fourth-order valence-electron chi connectivity index (χ4n) is 4.64. The molecule has 2 fully saturated rings. The van der Waals surface area contributed by atoms with Gasteiger partial charge in [0.05, 0.1) is 7.11 Å². The van der Waals surface area contributed by atoms with Crippen molar-refractivity contribution < 1.29 is 9.53 Å². The second kappa shape index (κ2) is 10.1. The molecule has 0 bridgehead atoms. The van der Waals surface area contributed by atoms with Gasteiger partial charge in [0.2, 0.25) is 5.91 Å². The topological polar surface area (TPSA) is 36.0 Å². The van der Waals surface area contributed by atoms with Crippen molar-refractivity contribution in [3.8, 4) is 5.75 Å². The molecule has 2 saturated heterocycles. The van der Waals surface area contributed by atoms with Gasteiger partial charge in [-0.1, -0.05) is 48.5 Å². The number of piperazine rings is 1. The number of nitrogens with zero attached hydrogens (tertiary/aromatic N) is 3. The van der Waals surface area contributed by atoms with Crippen molar-refractivity contribution in [2.75, 3.05) is 46.4 Å². The molecule has 0 spiro atoms. The number of piperidine rings is 1. The smallest absolute Gasteiger partial charge is 0.225 e. The van der Waals surface area contributed by atoms with Crippen LogP contribution in [0, 0.1) is 5.92 Å². The largest absolute Gasteiger partial charge is 0.496 e. The van der Waals surface area contributed by atoms with Gasteiger partial charge in [-0.05, 0) is 37.6 Å². The van der Waals surface area contributed by atoms with Gasteiger partial charge >= 0.3 is 0 Å². The third-order valence-corrected chi connectivity index (χ3v) is 6.46. The second-order valence-corrected chi connectivity index (χ2v) is 8.45. The van der Waals surface area contributed by atoms with Crippen molar-refractivity contribution in [3.63, 3.8) is 0 Å². The Balaban J connectivity index is 1.22. The molecule has 0 aromatic heterocycles. The first-order valence-corrected chi connectivity index (χ1v) is 11.1. The summed E-state index contributed by atoms with van der Waals surface area (Å²) in [7, 11) is 1.73. The molecule has 0 saturated carbocycles. The fraction of sp³-hybridized carbons (Fsp3) is 0.480. The average Bonchev–Trinajstić information content (AvgIpc) is 2.81. The summed E-state index contributed by atoms with van der Waals surface area (Å²) < 4.78 is 5.48. The Morgan fingerprint density at radius 3 is 2.17 bits per heavy atom. The number of amides is 1. The van der Waals surface area contributed by atoms with Gasteiger partial charge in [0, 0.05) is 50.7 Å². The van der Waals surface area contributed by atoms with Crippen molar-refractivity contribution >= 4 is 5.91 Å². The highest BCUT2D eigenvalue weighted by molar-refractivity contribution is 5.79. The van der Waals surface area contributed by atoms with Gasteiger partial charge in [-0.2, -0.15) is 0 Å². The van der Waals surface area contributed by atoms with E-state index in [-0.39, 0.29) is 5.92 Å². The molecule has 2 aromatic rings. The summed E-state index contributed by atoms with van der Waals surface area (Å²) in [5.74, 6) is 1.50. The van der Waals surface area contributed by atoms with Crippen molar-refractivity contribution in [2.24, 2.45) is 5.92 Å². The SMILES string of the molecule is COc1ccccc1CN1CCC(C(=O)N2CCN(Cc3ccccc3)CC2)CC1. The maximum Gasteiger partial charge on any atom is 0.225 e. The number of carbonyl (C=O) groups excluding carboxylic acids is 1. The van der Waals surface area contributed by atoms with Gasteiger partial charge in [0.15, 0.2) is 0 Å². The summed E-state index contributed by atoms with van der Waals surface area (Å²) >= 11 is 0. The summed E-state index contributed by atoms with van der Waals surface area (Å²) in [6, 6.07) is 18.8. The summed E-state index contributed by atoms with van der Waals surface area (Å²) in [6.07, 6.45) is 1.91. The molecule has 2 aliphatic rings. The van der Waals surface area contributed by atoms with Crippen molar-refractivity contribution in [1.82, 2.24) is 14.7 Å². The third kappa shape index (κ3) is 5.21. The Morgan fingerprint density at radius 1 is 0.833 bits per heavy atom. The van der Waals surface area contributed by atoms with E-state index >= 15 is 0 Å². The van der Waals surface area contributed by atoms with E-state index in [0.717, 1.165) is 70.9 Å². The normalized spacial score (nSPS) is 19.0. The predicted octanol–water partition coefficient (Wildman–Crippen LogP) is 3.25. The van der Waals surface area contributed by atoms with E-state index in [4.69, 9.17) is 4.74 Å². The highest BCUT2D eigenvalue weighted by atomic mass is 16.5. The number of methoxy groups -OCH3 is 1.